The van der Waals surface area contributed by atoms with Crippen molar-refractivity contribution in [3.63, 3.8) is 0 Å². The highest BCUT2D eigenvalue weighted by molar-refractivity contribution is 7.10. The number of rotatable bonds is 3. The molecule has 0 radical (unpaired) electrons. The van der Waals surface area contributed by atoms with E-state index in [2.05, 4.69) is 18.4 Å². The molecule has 2 rings (SSSR count). The maximum atomic E-state index is 12.3. The van der Waals surface area contributed by atoms with Crippen LogP contribution in [0.1, 0.15) is 36.8 Å². The molecule has 1 aromatic rings. The lowest BCUT2D eigenvalue weighted by atomic mass is 9.98. The zero-order valence-electron chi connectivity index (χ0n) is 10.5. The van der Waals surface area contributed by atoms with Gasteiger partial charge in [0.05, 0.1) is 6.04 Å². The number of nitrogens with zero attached hydrogens (tertiary/aromatic N) is 1. The number of thiophene rings is 1. The topological polar surface area (TPSA) is 46.3 Å². The minimum atomic E-state index is 0.0441. The zero-order valence-corrected chi connectivity index (χ0v) is 11.3. The summed E-state index contributed by atoms with van der Waals surface area (Å²) in [4.78, 5) is 15.8. The lowest BCUT2D eigenvalue weighted by Crippen LogP contribution is -2.41. The van der Waals surface area contributed by atoms with Gasteiger partial charge in [0.2, 0.25) is 5.91 Å². The van der Waals surface area contributed by atoms with Crippen molar-refractivity contribution < 1.29 is 4.79 Å². The molecule has 0 saturated carbocycles. The van der Waals surface area contributed by atoms with Gasteiger partial charge in [-0.3, -0.25) is 4.79 Å². The quantitative estimate of drug-likeness (QED) is 0.896. The summed E-state index contributed by atoms with van der Waals surface area (Å²) in [6.45, 7) is 5.53. The van der Waals surface area contributed by atoms with E-state index in [0.717, 1.165) is 19.4 Å². The average Bonchev–Trinajstić information content (AvgIpc) is 2.78. The average molecular weight is 252 g/mol. The van der Waals surface area contributed by atoms with Gasteiger partial charge in [0, 0.05) is 17.3 Å². The molecule has 0 aromatic carbocycles. The van der Waals surface area contributed by atoms with Gasteiger partial charge >= 0.3 is 0 Å². The number of nitrogens with two attached hydrogens (primary N) is 1. The minimum Gasteiger partial charge on any atom is -0.335 e. The van der Waals surface area contributed by atoms with Crippen LogP contribution in [0.4, 0.5) is 0 Å². The Bertz CT molecular complexity index is 402. The van der Waals surface area contributed by atoms with E-state index in [4.69, 9.17) is 5.73 Å². The van der Waals surface area contributed by atoms with E-state index in [1.54, 1.807) is 11.3 Å². The maximum Gasteiger partial charge on any atom is 0.225 e. The number of hydrogen-bond acceptors (Lipinski definition) is 3. The van der Waals surface area contributed by atoms with Crippen LogP contribution in [0.2, 0.25) is 0 Å². The van der Waals surface area contributed by atoms with E-state index in [0.29, 0.717) is 6.54 Å². The lowest BCUT2D eigenvalue weighted by Gasteiger charge is -2.35. The molecule has 1 aliphatic rings. The van der Waals surface area contributed by atoms with Crippen LogP contribution in [-0.2, 0) is 11.2 Å². The van der Waals surface area contributed by atoms with Crippen molar-refractivity contribution >= 4 is 17.2 Å². The van der Waals surface area contributed by atoms with Crippen LogP contribution in [0.25, 0.3) is 0 Å². The molecule has 94 valence electrons. The van der Waals surface area contributed by atoms with Gasteiger partial charge in [-0.05, 0) is 43.3 Å². The molecule has 1 aromatic heterocycles. The number of hydrogen-bond donors (Lipinski definition) is 1. The van der Waals surface area contributed by atoms with E-state index in [9.17, 15) is 4.79 Å². The molecule has 17 heavy (non-hydrogen) atoms. The van der Waals surface area contributed by atoms with Gasteiger partial charge in [0.1, 0.15) is 0 Å². The molecule has 2 atom stereocenters. The van der Waals surface area contributed by atoms with Crippen LogP contribution < -0.4 is 5.73 Å². The summed E-state index contributed by atoms with van der Waals surface area (Å²) in [6.07, 6.45) is 1.77. The van der Waals surface area contributed by atoms with E-state index in [1.807, 2.05) is 11.8 Å². The molecule has 0 saturated heterocycles. The summed E-state index contributed by atoms with van der Waals surface area (Å²) in [5.74, 6) is 0.294. The molecule has 2 N–H and O–H groups in total. The van der Waals surface area contributed by atoms with Crippen molar-refractivity contribution in [2.24, 2.45) is 11.7 Å². The van der Waals surface area contributed by atoms with Gasteiger partial charge in [-0.15, -0.1) is 11.3 Å². The molecular formula is C13H20N2OS. The standard InChI is InChI=1S/C13H20N2OS/c1-9(3-6-14)13(16)15-7-4-12-11(10(15)2)5-8-17-12/h5,8-10H,3-4,6-7,14H2,1-2H3. The predicted octanol–water partition coefficient (Wildman–Crippen LogP) is 2.18. The summed E-state index contributed by atoms with van der Waals surface area (Å²) in [7, 11) is 0. The predicted molar refractivity (Wildman–Crippen MR) is 71.0 cm³/mol. The first-order valence-electron chi connectivity index (χ1n) is 6.22. The van der Waals surface area contributed by atoms with Crippen molar-refractivity contribution in [1.29, 1.82) is 0 Å². The molecule has 0 aliphatic carbocycles. The van der Waals surface area contributed by atoms with E-state index in [-0.39, 0.29) is 17.9 Å². The number of carbonyl (C=O) groups is 1. The van der Waals surface area contributed by atoms with Crippen LogP contribution in [0.5, 0.6) is 0 Å². The fourth-order valence-corrected chi connectivity index (χ4v) is 3.43. The second kappa shape index (κ2) is 5.19. The third-order valence-electron chi connectivity index (χ3n) is 3.58. The maximum absolute atomic E-state index is 12.3. The molecule has 1 amide bonds. The fraction of sp³-hybridized carbons (Fsp3) is 0.615. The highest BCUT2D eigenvalue weighted by atomic mass is 32.1. The van der Waals surface area contributed by atoms with E-state index in [1.165, 1.54) is 10.4 Å². The smallest absolute Gasteiger partial charge is 0.225 e. The molecule has 0 fully saturated rings. The number of fused-ring (bicyclic) bond motifs is 1. The van der Waals surface area contributed by atoms with Crippen LogP contribution in [0.15, 0.2) is 11.4 Å². The summed E-state index contributed by atoms with van der Waals surface area (Å²) in [6, 6.07) is 2.37. The zero-order chi connectivity index (χ0) is 12.4. The largest absolute Gasteiger partial charge is 0.335 e. The summed E-state index contributed by atoms with van der Waals surface area (Å²) >= 11 is 1.80. The van der Waals surface area contributed by atoms with Gasteiger partial charge in [0.25, 0.3) is 0 Å². The molecule has 1 aliphatic heterocycles. The molecule has 4 heteroatoms. The van der Waals surface area contributed by atoms with Crippen molar-refractivity contribution in [3.05, 3.63) is 21.9 Å². The lowest BCUT2D eigenvalue weighted by molar-refractivity contribution is -0.137. The van der Waals surface area contributed by atoms with E-state index < -0.39 is 0 Å². The van der Waals surface area contributed by atoms with Crippen LogP contribution in [0, 0.1) is 5.92 Å². The van der Waals surface area contributed by atoms with Gasteiger partial charge in [-0.25, -0.2) is 0 Å². The Hall–Kier alpha value is -0.870. The van der Waals surface area contributed by atoms with Gasteiger partial charge in [-0.1, -0.05) is 6.92 Å². The van der Waals surface area contributed by atoms with Crippen LogP contribution in [-0.4, -0.2) is 23.9 Å². The van der Waals surface area contributed by atoms with Crippen molar-refractivity contribution in [1.82, 2.24) is 4.90 Å². The number of carbonyl (C=O) groups excluding carboxylic acids is 1. The molecule has 0 spiro atoms. The Kier molecular flexibility index (Phi) is 3.84. The Balaban J connectivity index is 2.12. The Morgan fingerprint density at radius 1 is 1.71 bits per heavy atom. The molecule has 0 bridgehead atoms. The molecule has 2 unspecified atom stereocenters. The SMILES string of the molecule is CC(CCN)C(=O)N1CCc2sccc2C1C. The second-order valence-corrected chi connectivity index (χ2v) is 5.74. The van der Waals surface area contributed by atoms with Crippen LogP contribution in [0.3, 0.4) is 0 Å². The number of amides is 1. The Labute approximate surface area is 107 Å². The van der Waals surface area contributed by atoms with E-state index >= 15 is 0 Å². The monoisotopic (exact) mass is 252 g/mol. The molecular weight excluding hydrogens is 232 g/mol. The van der Waals surface area contributed by atoms with Crippen molar-refractivity contribution in [2.45, 2.75) is 32.7 Å². The summed E-state index contributed by atoms with van der Waals surface area (Å²) < 4.78 is 0. The van der Waals surface area contributed by atoms with Gasteiger partial charge < -0.3 is 10.6 Å². The van der Waals surface area contributed by atoms with Gasteiger partial charge in [-0.2, -0.15) is 0 Å². The summed E-state index contributed by atoms with van der Waals surface area (Å²) in [5.41, 5.74) is 6.85. The summed E-state index contributed by atoms with van der Waals surface area (Å²) in [5, 5.41) is 2.12. The van der Waals surface area contributed by atoms with Gasteiger partial charge in [0.15, 0.2) is 0 Å². The third kappa shape index (κ3) is 2.38. The van der Waals surface area contributed by atoms with Crippen LogP contribution >= 0.6 is 11.3 Å². The highest BCUT2D eigenvalue weighted by Gasteiger charge is 2.30. The van der Waals surface area contributed by atoms with Crippen molar-refractivity contribution in [3.8, 4) is 0 Å². The minimum absolute atomic E-state index is 0.0441. The second-order valence-electron chi connectivity index (χ2n) is 4.74. The molecule has 2 heterocycles. The fourth-order valence-electron chi connectivity index (χ4n) is 2.47. The Morgan fingerprint density at radius 2 is 2.47 bits per heavy atom. The molecule has 3 nitrogen and oxygen atoms in total. The Morgan fingerprint density at radius 3 is 3.18 bits per heavy atom. The first-order valence-corrected chi connectivity index (χ1v) is 7.10. The normalized spacial score (nSPS) is 21.1. The third-order valence-corrected chi connectivity index (χ3v) is 4.58. The van der Waals surface area contributed by atoms with Crippen molar-refractivity contribution in [2.75, 3.05) is 13.1 Å². The highest BCUT2D eigenvalue weighted by Crippen LogP contribution is 2.33. The first kappa shape index (κ1) is 12.6. The first-order chi connectivity index (χ1) is 8.15.